The van der Waals surface area contributed by atoms with Gasteiger partial charge in [-0.2, -0.15) is 0 Å². The second-order valence-electron chi connectivity index (χ2n) is 5.63. The summed E-state index contributed by atoms with van der Waals surface area (Å²) in [5, 5.41) is 2.50. The minimum absolute atomic E-state index is 0.602. The van der Waals surface area contributed by atoms with Gasteiger partial charge in [-0.3, -0.25) is 0 Å². The van der Waals surface area contributed by atoms with Crippen LogP contribution in [0.5, 0.6) is 0 Å². The maximum absolute atomic E-state index is 5.85. The Kier molecular flexibility index (Phi) is 4.16. The summed E-state index contributed by atoms with van der Waals surface area (Å²) >= 11 is 0. The average molecular weight is 269 g/mol. The molecule has 0 atom stereocenters. The van der Waals surface area contributed by atoms with Crippen LogP contribution in [0.2, 0.25) is 0 Å². The maximum Gasteiger partial charge on any atom is 0.136 e. The third-order valence-corrected chi connectivity index (χ3v) is 4.31. The van der Waals surface area contributed by atoms with Gasteiger partial charge in [-0.25, -0.2) is 4.98 Å². The van der Waals surface area contributed by atoms with E-state index in [1.54, 1.807) is 0 Å². The van der Waals surface area contributed by atoms with Crippen molar-refractivity contribution >= 4 is 16.6 Å². The fourth-order valence-corrected chi connectivity index (χ4v) is 3.33. The first-order valence-electron chi connectivity index (χ1n) is 7.70. The van der Waals surface area contributed by atoms with Crippen LogP contribution in [0.1, 0.15) is 32.1 Å². The normalized spacial score (nSPS) is 16.4. The van der Waals surface area contributed by atoms with E-state index in [9.17, 15) is 0 Å². The standard InChI is InChI=1S/C17H23N3/c18-11-13-20(15-7-2-1-3-8-15)17-16-9-5-4-6-14(16)10-12-19-17/h4-6,9-10,12,15H,1-3,7-8,11,13,18H2. The number of benzene rings is 1. The van der Waals surface area contributed by atoms with Crippen molar-refractivity contribution in [2.75, 3.05) is 18.0 Å². The van der Waals surface area contributed by atoms with Gasteiger partial charge in [0.2, 0.25) is 0 Å². The summed E-state index contributed by atoms with van der Waals surface area (Å²) in [6.07, 6.45) is 8.49. The van der Waals surface area contributed by atoms with Crippen LogP contribution in [-0.2, 0) is 0 Å². The van der Waals surface area contributed by atoms with Crippen molar-refractivity contribution in [3.8, 4) is 0 Å². The van der Waals surface area contributed by atoms with E-state index < -0.39 is 0 Å². The molecule has 2 aromatic rings. The molecule has 0 aliphatic heterocycles. The molecule has 106 valence electrons. The largest absolute Gasteiger partial charge is 0.352 e. The molecule has 1 aromatic heterocycles. The summed E-state index contributed by atoms with van der Waals surface area (Å²) in [6, 6.07) is 11.2. The second kappa shape index (κ2) is 6.23. The van der Waals surface area contributed by atoms with E-state index in [2.05, 4.69) is 40.2 Å². The van der Waals surface area contributed by atoms with Gasteiger partial charge in [0.05, 0.1) is 0 Å². The van der Waals surface area contributed by atoms with Crippen molar-refractivity contribution in [3.63, 3.8) is 0 Å². The molecule has 1 fully saturated rings. The molecule has 0 unspecified atom stereocenters. The molecule has 0 radical (unpaired) electrons. The summed E-state index contributed by atoms with van der Waals surface area (Å²) in [5.74, 6) is 1.11. The van der Waals surface area contributed by atoms with Gasteiger partial charge in [0.25, 0.3) is 0 Å². The molecule has 0 bridgehead atoms. The quantitative estimate of drug-likeness (QED) is 0.925. The van der Waals surface area contributed by atoms with Gasteiger partial charge in [0.15, 0.2) is 0 Å². The first kappa shape index (κ1) is 13.4. The third kappa shape index (κ3) is 2.63. The Morgan fingerprint density at radius 3 is 2.70 bits per heavy atom. The van der Waals surface area contributed by atoms with Crippen LogP contribution in [0.4, 0.5) is 5.82 Å². The molecule has 1 heterocycles. The number of aromatic nitrogens is 1. The van der Waals surface area contributed by atoms with Crippen molar-refractivity contribution < 1.29 is 0 Å². The molecule has 2 N–H and O–H groups in total. The molecule has 0 amide bonds. The summed E-state index contributed by atoms with van der Waals surface area (Å²) in [6.45, 7) is 1.58. The number of pyridine rings is 1. The van der Waals surface area contributed by atoms with Gasteiger partial charge in [0.1, 0.15) is 5.82 Å². The summed E-state index contributed by atoms with van der Waals surface area (Å²) < 4.78 is 0. The first-order valence-corrected chi connectivity index (χ1v) is 7.70. The predicted octanol–water partition coefficient (Wildman–Crippen LogP) is 3.33. The van der Waals surface area contributed by atoms with Crippen LogP contribution in [0.3, 0.4) is 0 Å². The Morgan fingerprint density at radius 2 is 1.90 bits per heavy atom. The highest BCUT2D eigenvalue weighted by molar-refractivity contribution is 5.92. The lowest BCUT2D eigenvalue weighted by Gasteiger charge is -2.35. The lowest BCUT2D eigenvalue weighted by molar-refractivity contribution is 0.415. The zero-order valence-corrected chi connectivity index (χ0v) is 12.0. The Balaban J connectivity index is 2.00. The van der Waals surface area contributed by atoms with Crippen LogP contribution in [0, 0.1) is 0 Å². The lowest BCUT2D eigenvalue weighted by atomic mass is 9.94. The molecule has 3 rings (SSSR count). The van der Waals surface area contributed by atoms with Gasteiger partial charge >= 0.3 is 0 Å². The fraction of sp³-hybridized carbons (Fsp3) is 0.471. The number of hydrogen-bond acceptors (Lipinski definition) is 3. The molecule has 3 nitrogen and oxygen atoms in total. The molecular formula is C17H23N3. The van der Waals surface area contributed by atoms with Crippen LogP contribution in [-0.4, -0.2) is 24.1 Å². The monoisotopic (exact) mass is 269 g/mol. The zero-order valence-electron chi connectivity index (χ0n) is 12.0. The predicted molar refractivity (Wildman–Crippen MR) is 85.0 cm³/mol. The lowest BCUT2D eigenvalue weighted by Crippen LogP contribution is -2.40. The van der Waals surface area contributed by atoms with Crippen molar-refractivity contribution in [2.45, 2.75) is 38.1 Å². The average Bonchev–Trinajstić information content (AvgIpc) is 2.53. The fourth-order valence-electron chi connectivity index (χ4n) is 3.33. The van der Waals surface area contributed by atoms with Gasteiger partial charge in [-0.15, -0.1) is 0 Å². The molecule has 1 saturated carbocycles. The molecule has 1 aliphatic carbocycles. The van der Waals surface area contributed by atoms with E-state index in [1.807, 2.05) is 6.20 Å². The maximum atomic E-state index is 5.85. The highest BCUT2D eigenvalue weighted by Gasteiger charge is 2.22. The topological polar surface area (TPSA) is 42.1 Å². The van der Waals surface area contributed by atoms with E-state index >= 15 is 0 Å². The Labute approximate surface area is 120 Å². The SMILES string of the molecule is NCCN(c1nccc2ccccc12)C1CCCCC1. The number of rotatable bonds is 4. The number of anilines is 1. The molecule has 3 heteroatoms. The highest BCUT2D eigenvalue weighted by atomic mass is 15.2. The molecular weight excluding hydrogens is 246 g/mol. The van der Waals surface area contributed by atoms with Crippen molar-refractivity contribution in [1.29, 1.82) is 0 Å². The Morgan fingerprint density at radius 1 is 1.10 bits per heavy atom. The van der Waals surface area contributed by atoms with E-state index in [4.69, 9.17) is 5.73 Å². The van der Waals surface area contributed by atoms with Crippen molar-refractivity contribution in [3.05, 3.63) is 36.5 Å². The van der Waals surface area contributed by atoms with E-state index in [0.717, 1.165) is 12.4 Å². The van der Waals surface area contributed by atoms with Crippen LogP contribution < -0.4 is 10.6 Å². The van der Waals surface area contributed by atoms with Gasteiger partial charge in [0, 0.05) is 30.7 Å². The smallest absolute Gasteiger partial charge is 0.136 e. The van der Waals surface area contributed by atoms with E-state index in [1.165, 1.54) is 42.9 Å². The summed E-state index contributed by atoms with van der Waals surface area (Å²) in [7, 11) is 0. The number of fused-ring (bicyclic) bond motifs is 1. The zero-order chi connectivity index (χ0) is 13.8. The number of nitrogens with two attached hydrogens (primary N) is 1. The third-order valence-electron chi connectivity index (χ3n) is 4.31. The highest BCUT2D eigenvalue weighted by Crippen LogP contribution is 2.30. The molecule has 1 aromatic carbocycles. The Hall–Kier alpha value is -1.61. The molecule has 0 spiro atoms. The van der Waals surface area contributed by atoms with Crippen molar-refractivity contribution in [2.24, 2.45) is 5.73 Å². The van der Waals surface area contributed by atoms with Crippen LogP contribution in [0.25, 0.3) is 10.8 Å². The van der Waals surface area contributed by atoms with Gasteiger partial charge < -0.3 is 10.6 Å². The Bertz CT molecular complexity index is 556. The van der Waals surface area contributed by atoms with Crippen LogP contribution >= 0.6 is 0 Å². The van der Waals surface area contributed by atoms with Gasteiger partial charge in [-0.05, 0) is 24.3 Å². The van der Waals surface area contributed by atoms with Crippen molar-refractivity contribution in [1.82, 2.24) is 4.98 Å². The minimum Gasteiger partial charge on any atom is -0.352 e. The first-order chi connectivity index (χ1) is 9.90. The minimum atomic E-state index is 0.602. The van der Waals surface area contributed by atoms with Crippen LogP contribution in [0.15, 0.2) is 36.5 Å². The number of hydrogen-bond donors (Lipinski definition) is 1. The number of nitrogens with zero attached hydrogens (tertiary/aromatic N) is 2. The van der Waals surface area contributed by atoms with Gasteiger partial charge in [-0.1, -0.05) is 43.5 Å². The molecule has 0 saturated heterocycles. The molecule has 20 heavy (non-hydrogen) atoms. The summed E-state index contributed by atoms with van der Waals surface area (Å²) in [4.78, 5) is 7.12. The van der Waals surface area contributed by atoms with E-state index in [0.29, 0.717) is 12.6 Å². The second-order valence-corrected chi connectivity index (χ2v) is 5.63. The summed E-state index contributed by atoms with van der Waals surface area (Å²) in [5.41, 5.74) is 5.85. The molecule has 1 aliphatic rings. The van der Waals surface area contributed by atoms with E-state index in [-0.39, 0.29) is 0 Å².